The molecule has 1 heterocycles. The summed E-state index contributed by atoms with van der Waals surface area (Å²) in [6.07, 6.45) is -3.12. The second-order valence-electron chi connectivity index (χ2n) is 4.25. The van der Waals surface area contributed by atoms with Crippen molar-refractivity contribution in [2.75, 3.05) is 0 Å². The van der Waals surface area contributed by atoms with E-state index in [0.29, 0.717) is 11.4 Å². The number of ether oxygens (including phenoxy) is 2. The van der Waals surface area contributed by atoms with E-state index < -0.39 is 6.36 Å². The second kappa shape index (κ2) is 5.40. The summed E-state index contributed by atoms with van der Waals surface area (Å²) >= 11 is 0. The number of pyridine rings is 1. The molecule has 6 heteroatoms. The van der Waals surface area contributed by atoms with Crippen LogP contribution in [0.5, 0.6) is 17.4 Å². The molecule has 0 aliphatic rings. The first-order chi connectivity index (χ1) is 9.33. The van der Waals surface area contributed by atoms with Crippen LogP contribution in [-0.2, 0) is 0 Å². The molecule has 0 saturated carbocycles. The first kappa shape index (κ1) is 14.2. The number of alkyl halides is 3. The van der Waals surface area contributed by atoms with E-state index in [4.69, 9.17) is 4.74 Å². The third-order valence-corrected chi connectivity index (χ3v) is 2.49. The molecule has 0 atom stereocenters. The van der Waals surface area contributed by atoms with Gasteiger partial charge in [0.1, 0.15) is 11.5 Å². The zero-order valence-electron chi connectivity index (χ0n) is 10.9. The van der Waals surface area contributed by atoms with Gasteiger partial charge >= 0.3 is 6.36 Å². The maximum atomic E-state index is 12.2. The topological polar surface area (TPSA) is 31.4 Å². The van der Waals surface area contributed by atoms with Gasteiger partial charge in [0, 0.05) is 18.3 Å². The Bertz CT molecular complexity index is 594. The number of aromatic nitrogens is 1. The van der Waals surface area contributed by atoms with Crippen molar-refractivity contribution in [1.82, 2.24) is 4.98 Å². The van der Waals surface area contributed by atoms with E-state index in [1.54, 1.807) is 24.4 Å². The molecule has 0 saturated heterocycles. The number of hydrogen-bond acceptors (Lipinski definition) is 3. The highest BCUT2D eigenvalue weighted by atomic mass is 19.4. The Morgan fingerprint density at radius 3 is 2.40 bits per heavy atom. The summed E-state index contributed by atoms with van der Waals surface area (Å²) in [5.41, 5.74) is 1.33. The van der Waals surface area contributed by atoms with Crippen molar-refractivity contribution in [3.05, 3.63) is 47.7 Å². The maximum Gasteiger partial charge on any atom is 0.573 e. The fourth-order valence-corrected chi connectivity index (χ4v) is 1.51. The van der Waals surface area contributed by atoms with Crippen molar-refractivity contribution in [3.8, 4) is 17.4 Å². The van der Waals surface area contributed by atoms with Gasteiger partial charge in [-0.1, -0.05) is 12.1 Å². The molecule has 0 amide bonds. The summed E-state index contributed by atoms with van der Waals surface area (Å²) in [5.74, 6) is 0.241. The molecule has 2 aromatic rings. The molecule has 2 rings (SSSR count). The maximum absolute atomic E-state index is 12.2. The molecule has 0 spiro atoms. The van der Waals surface area contributed by atoms with Crippen molar-refractivity contribution in [2.45, 2.75) is 20.2 Å². The molecule has 0 bridgehead atoms. The first-order valence-corrected chi connectivity index (χ1v) is 5.80. The highest BCUT2D eigenvalue weighted by Gasteiger charge is 2.31. The third kappa shape index (κ3) is 3.88. The average molecular weight is 283 g/mol. The molecule has 0 aliphatic heterocycles. The van der Waals surface area contributed by atoms with Gasteiger partial charge in [-0.15, -0.1) is 13.2 Å². The predicted molar refractivity (Wildman–Crippen MR) is 66.9 cm³/mol. The van der Waals surface area contributed by atoms with Gasteiger partial charge in [0.05, 0.1) is 0 Å². The van der Waals surface area contributed by atoms with Crippen LogP contribution in [0.2, 0.25) is 0 Å². The monoisotopic (exact) mass is 283 g/mol. The molecule has 1 aromatic carbocycles. The van der Waals surface area contributed by atoms with Gasteiger partial charge in [-0.05, 0) is 31.0 Å². The molecule has 0 N–H and O–H groups in total. The normalized spacial score (nSPS) is 11.2. The van der Waals surface area contributed by atoms with Crippen molar-refractivity contribution < 1.29 is 22.6 Å². The molecule has 3 nitrogen and oxygen atoms in total. The summed E-state index contributed by atoms with van der Waals surface area (Å²) in [7, 11) is 0. The minimum Gasteiger partial charge on any atom is -0.439 e. The van der Waals surface area contributed by atoms with E-state index >= 15 is 0 Å². The Morgan fingerprint density at radius 2 is 1.80 bits per heavy atom. The lowest BCUT2D eigenvalue weighted by molar-refractivity contribution is -0.274. The van der Waals surface area contributed by atoms with E-state index in [1.807, 2.05) is 6.92 Å². The highest BCUT2D eigenvalue weighted by molar-refractivity contribution is 5.41. The van der Waals surface area contributed by atoms with E-state index in [-0.39, 0.29) is 11.5 Å². The lowest BCUT2D eigenvalue weighted by Crippen LogP contribution is -2.17. The van der Waals surface area contributed by atoms with Crippen LogP contribution < -0.4 is 9.47 Å². The Labute approximate surface area is 114 Å². The van der Waals surface area contributed by atoms with Crippen LogP contribution in [0.25, 0.3) is 0 Å². The number of hydrogen-bond donors (Lipinski definition) is 0. The van der Waals surface area contributed by atoms with E-state index in [2.05, 4.69) is 9.72 Å². The van der Waals surface area contributed by atoms with E-state index in [1.165, 1.54) is 19.1 Å². The van der Waals surface area contributed by atoms with Crippen LogP contribution in [-0.4, -0.2) is 11.3 Å². The van der Waals surface area contributed by atoms with Crippen LogP contribution >= 0.6 is 0 Å². The average Bonchev–Trinajstić information content (AvgIpc) is 2.34. The number of aryl methyl sites for hydroxylation is 2. The highest BCUT2D eigenvalue weighted by Crippen LogP contribution is 2.31. The Kier molecular flexibility index (Phi) is 3.83. The molecule has 0 aliphatic carbocycles. The zero-order valence-corrected chi connectivity index (χ0v) is 10.9. The summed E-state index contributed by atoms with van der Waals surface area (Å²) in [6, 6.07) is 7.66. The molecule has 0 radical (unpaired) electrons. The van der Waals surface area contributed by atoms with Crippen LogP contribution in [0, 0.1) is 13.8 Å². The SMILES string of the molecule is Cc1ccc(Oc2ccc(C)c(OC(F)(F)F)c2)nc1. The summed E-state index contributed by atoms with van der Waals surface area (Å²) in [5, 5.41) is 0. The van der Waals surface area contributed by atoms with Crippen LogP contribution in [0.1, 0.15) is 11.1 Å². The van der Waals surface area contributed by atoms with Crippen LogP contribution in [0.15, 0.2) is 36.5 Å². The van der Waals surface area contributed by atoms with Gasteiger partial charge in [0.2, 0.25) is 5.88 Å². The third-order valence-electron chi connectivity index (χ3n) is 2.49. The fraction of sp³-hybridized carbons (Fsp3) is 0.214. The summed E-state index contributed by atoms with van der Waals surface area (Å²) in [4.78, 5) is 4.01. The minimum atomic E-state index is -4.73. The van der Waals surface area contributed by atoms with Gasteiger partial charge in [0.25, 0.3) is 0 Å². The molecule has 106 valence electrons. The first-order valence-electron chi connectivity index (χ1n) is 5.80. The summed E-state index contributed by atoms with van der Waals surface area (Å²) in [6.45, 7) is 3.40. The quantitative estimate of drug-likeness (QED) is 0.837. The standard InChI is InChI=1S/C14H12F3NO2/c1-9-3-6-13(18-8-9)19-11-5-4-10(2)12(7-11)20-14(15,16)17/h3-8H,1-2H3. The smallest absolute Gasteiger partial charge is 0.439 e. The van der Waals surface area contributed by atoms with E-state index in [9.17, 15) is 13.2 Å². The van der Waals surface area contributed by atoms with Gasteiger partial charge in [-0.3, -0.25) is 0 Å². The Balaban J connectivity index is 2.20. The van der Waals surface area contributed by atoms with Crippen LogP contribution in [0.4, 0.5) is 13.2 Å². The molecule has 1 aromatic heterocycles. The van der Waals surface area contributed by atoms with Gasteiger partial charge in [-0.2, -0.15) is 0 Å². The second-order valence-corrected chi connectivity index (χ2v) is 4.25. The van der Waals surface area contributed by atoms with Crippen molar-refractivity contribution in [3.63, 3.8) is 0 Å². The summed E-state index contributed by atoms with van der Waals surface area (Å²) < 4.78 is 46.1. The lowest BCUT2D eigenvalue weighted by Gasteiger charge is -2.13. The fourth-order valence-electron chi connectivity index (χ4n) is 1.51. The van der Waals surface area contributed by atoms with Gasteiger partial charge in [0.15, 0.2) is 0 Å². The largest absolute Gasteiger partial charge is 0.573 e. The predicted octanol–water partition coefficient (Wildman–Crippen LogP) is 4.39. The van der Waals surface area contributed by atoms with Crippen molar-refractivity contribution >= 4 is 0 Å². The Morgan fingerprint density at radius 1 is 1.05 bits per heavy atom. The number of nitrogens with zero attached hydrogens (tertiary/aromatic N) is 1. The van der Waals surface area contributed by atoms with Gasteiger partial charge < -0.3 is 9.47 Å². The van der Waals surface area contributed by atoms with E-state index in [0.717, 1.165) is 5.56 Å². The molecule has 0 fully saturated rings. The zero-order chi connectivity index (χ0) is 14.8. The Hall–Kier alpha value is -2.24. The number of halogens is 3. The molecule has 20 heavy (non-hydrogen) atoms. The molecular weight excluding hydrogens is 271 g/mol. The lowest BCUT2D eigenvalue weighted by atomic mass is 10.2. The minimum absolute atomic E-state index is 0.228. The molecule has 0 unspecified atom stereocenters. The van der Waals surface area contributed by atoms with Crippen molar-refractivity contribution in [1.29, 1.82) is 0 Å². The number of benzene rings is 1. The number of rotatable bonds is 3. The molecular formula is C14H12F3NO2. The van der Waals surface area contributed by atoms with Gasteiger partial charge in [-0.25, -0.2) is 4.98 Å². The van der Waals surface area contributed by atoms with Crippen molar-refractivity contribution in [2.24, 2.45) is 0 Å². The van der Waals surface area contributed by atoms with Crippen LogP contribution in [0.3, 0.4) is 0 Å².